The lowest BCUT2D eigenvalue weighted by Crippen LogP contribution is -2.39. The number of piperidine rings is 1. The lowest BCUT2D eigenvalue weighted by Gasteiger charge is -2.26. The van der Waals surface area contributed by atoms with E-state index in [2.05, 4.69) is 4.72 Å². The van der Waals surface area contributed by atoms with Crippen LogP contribution in [-0.2, 0) is 10.2 Å². The summed E-state index contributed by atoms with van der Waals surface area (Å²) in [6.07, 6.45) is 2.82. The van der Waals surface area contributed by atoms with E-state index in [9.17, 15) is 8.42 Å². The summed E-state index contributed by atoms with van der Waals surface area (Å²) in [5, 5.41) is 7.16. The summed E-state index contributed by atoms with van der Waals surface area (Å²) < 4.78 is 34.0. The Balaban J connectivity index is 2.12. The molecule has 7 nitrogen and oxygen atoms in total. The van der Waals surface area contributed by atoms with Crippen LogP contribution in [0.1, 0.15) is 19.3 Å². The Kier molecular flexibility index (Phi) is 5.03. The van der Waals surface area contributed by atoms with Gasteiger partial charge in [0.15, 0.2) is 0 Å². The molecule has 1 aromatic carbocycles. The molecule has 2 rings (SSSR count). The van der Waals surface area contributed by atoms with Gasteiger partial charge in [0.05, 0.1) is 5.69 Å². The molecule has 8 heteroatoms. The smallest absolute Gasteiger partial charge is 0.301 e. The zero-order valence-corrected chi connectivity index (χ0v) is 12.5. The number of anilines is 1. The summed E-state index contributed by atoms with van der Waals surface area (Å²) in [7, 11) is -3.58. The predicted octanol–water partition coefficient (Wildman–Crippen LogP) is 1.14. The highest BCUT2D eigenvalue weighted by Crippen LogP contribution is 2.26. The third-order valence-corrected chi connectivity index (χ3v) is 4.69. The average Bonchev–Trinajstić information content (AvgIpc) is 2.47. The van der Waals surface area contributed by atoms with Crippen molar-refractivity contribution in [2.75, 3.05) is 24.4 Å². The van der Waals surface area contributed by atoms with Gasteiger partial charge in [-0.3, -0.25) is 10.1 Å². The van der Waals surface area contributed by atoms with Crippen molar-refractivity contribution < 1.29 is 13.2 Å². The van der Waals surface area contributed by atoms with E-state index in [1.54, 1.807) is 24.3 Å². The number of amidine groups is 1. The number of nitrogens with two attached hydrogens (primary N) is 1. The van der Waals surface area contributed by atoms with Gasteiger partial charge in [-0.25, -0.2) is 0 Å². The molecule has 0 unspecified atom stereocenters. The van der Waals surface area contributed by atoms with E-state index in [1.807, 2.05) is 0 Å². The van der Waals surface area contributed by atoms with Crippen molar-refractivity contribution in [3.63, 3.8) is 0 Å². The molecule has 4 N–H and O–H groups in total. The molecule has 0 aromatic heterocycles. The first-order chi connectivity index (χ1) is 9.99. The van der Waals surface area contributed by atoms with Crippen molar-refractivity contribution in [1.29, 1.82) is 5.41 Å². The number of hydrogen-bond donors (Lipinski definition) is 3. The number of benzene rings is 1. The molecule has 116 valence electrons. The second-order valence-electron chi connectivity index (χ2n) is 4.88. The number of hydrogen-bond acceptors (Lipinski definition) is 4. The molecule has 1 aliphatic rings. The third-order valence-electron chi connectivity index (χ3n) is 3.16. The summed E-state index contributed by atoms with van der Waals surface area (Å²) in [5.74, 6) is 0.233. The van der Waals surface area contributed by atoms with Gasteiger partial charge in [-0.1, -0.05) is 18.6 Å². The second kappa shape index (κ2) is 6.77. The maximum atomic E-state index is 12.3. The summed E-state index contributed by atoms with van der Waals surface area (Å²) in [6.45, 7) is 0.986. The summed E-state index contributed by atoms with van der Waals surface area (Å²) in [4.78, 5) is 0. The minimum Gasteiger partial charge on any atom is -0.484 e. The molecule has 0 aliphatic carbocycles. The van der Waals surface area contributed by atoms with Crippen LogP contribution in [0.5, 0.6) is 5.75 Å². The fourth-order valence-electron chi connectivity index (χ4n) is 2.14. The Morgan fingerprint density at radius 3 is 2.62 bits per heavy atom. The van der Waals surface area contributed by atoms with Crippen LogP contribution in [-0.4, -0.2) is 38.3 Å². The number of rotatable bonds is 6. The average molecular weight is 312 g/mol. The molecule has 1 heterocycles. The van der Waals surface area contributed by atoms with E-state index >= 15 is 0 Å². The van der Waals surface area contributed by atoms with E-state index in [0.717, 1.165) is 19.3 Å². The zero-order chi connectivity index (χ0) is 15.3. The molecular weight excluding hydrogens is 292 g/mol. The number of nitrogens with one attached hydrogen (secondary N) is 2. The molecule has 0 amide bonds. The highest BCUT2D eigenvalue weighted by molar-refractivity contribution is 7.90. The van der Waals surface area contributed by atoms with Crippen LogP contribution in [0.15, 0.2) is 24.3 Å². The third kappa shape index (κ3) is 4.33. The molecule has 0 saturated carbocycles. The summed E-state index contributed by atoms with van der Waals surface area (Å²) >= 11 is 0. The molecule has 1 fully saturated rings. The van der Waals surface area contributed by atoms with Gasteiger partial charge in [0.1, 0.15) is 18.2 Å². The van der Waals surface area contributed by atoms with Crippen molar-refractivity contribution in [3.05, 3.63) is 24.3 Å². The van der Waals surface area contributed by atoms with Gasteiger partial charge >= 0.3 is 10.2 Å². The Labute approximate surface area is 124 Å². The van der Waals surface area contributed by atoms with E-state index in [0.29, 0.717) is 24.5 Å². The minimum absolute atomic E-state index is 0.0809. The van der Waals surface area contributed by atoms with E-state index in [-0.39, 0.29) is 12.4 Å². The second-order valence-corrected chi connectivity index (χ2v) is 6.55. The summed E-state index contributed by atoms with van der Waals surface area (Å²) in [6, 6.07) is 6.71. The lowest BCUT2D eigenvalue weighted by atomic mass is 10.2. The van der Waals surface area contributed by atoms with Crippen LogP contribution in [0, 0.1) is 5.41 Å². The molecule has 1 aliphatic heterocycles. The van der Waals surface area contributed by atoms with Gasteiger partial charge in [0.2, 0.25) is 0 Å². The first-order valence-corrected chi connectivity index (χ1v) is 8.25. The lowest BCUT2D eigenvalue weighted by molar-refractivity contribution is 0.348. The summed E-state index contributed by atoms with van der Waals surface area (Å²) in [5.41, 5.74) is 5.60. The van der Waals surface area contributed by atoms with Crippen molar-refractivity contribution >= 4 is 21.7 Å². The fourth-order valence-corrected chi connectivity index (χ4v) is 3.46. The normalized spacial score (nSPS) is 16.4. The van der Waals surface area contributed by atoms with E-state index in [4.69, 9.17) is 15.9 Å². The molecular formula is C13H20N4O3S. The molecule has 0 atom stereocenters. The zero-order valence-electron chi connectivity index (χ0n) is 11.7. The van der Waals surface area contributed by atoms with Gasteiger partial charge in [0, 0.05) is 13.1 Å². The molecule has 1 saturated heterocycles. The Morgan fingerprint density at radius 2 is 1.95 bits per heavy atom. The van der Waals surface area contributed by atoms with E-state index in [1.165, 1.54) is 4.31 Å². The topological polar surface area (TPSA) is 109 Å². The van der Waals surface area contributed by atoms with Crippen LogP contribution < -0.4 is 15.2 Å². The van der Waals surface area contributed by atoms with Gasteiger partial charge in [-0.2, -0.15) is 12.7 Å². The van der Waals surface area contributed by atoms with Crippen molar-refractivity contribution in [1.82, 2.24) is 4.31 Å². The van der Waals surface area contributed by atoms with Crippen molar-refractivity contribution in [2.45, 2.75) is 19.3 Å². The standard InChI is InChI=1S/C13H20N4O3S/c14-13(15)10-20-12-7-3-2-6-11(12)16-21(18,19)17-8-4-1-5-9-17/h2-3,6-7,16H,1,4-5,8-10H2,(H3,14,15). The van der Waals surface area contributed by atoms with Crippen LogP contribution in [0.3, 0.4) is 0 Å². The maximum absolute atomic E-state index is 12.3. The Morgan fingerprint density at radius 1 is 1.29 bits per heavy atom. The highest BCUT2D eigenvalue weighted by atomic mass is 32.2. The van der Waals surface area contributed by atoms with Crippen molar-refractivity contribution in [3.8, 4) is 5.75 Å². The van der Waals surface area contributed by atoms with Gasteiger partial charge in [0.25, 0.3) is 0 Å². The van der Waals surface area contributed by atoms with Crippen LogP contribution in [0.25, 0.3) is 0 Å². The van der Waals surface area contributed by atoms with Gasteiger partial charge in [-0.05, 0) is 25.0 Å². The quantitative estimate of drug-likeness (QED) is 0.540. The monoisotopic (exact) mass is 312 g/mol. The molecule has 0 radical (unpaired) electrons. The van der Waals surface area contributed by atoms with Crippen molar-refractivity contribution in [2.24, 2.45) is 5.73 Å². The van der Waals surface area contributed by atoms with Crippen LogP contribution in [0.4, 0.5) is 5.69 Å². The number of nitrogens with zero attached hydrogens (tertiary/aromatic N) is 1. The molecule has 0 spiro atoms. The maximum Gasteiger partial charge on any atom is 0.301 e. The van der Waals surface area contributed by atoms with Crippen LogP contribution >= 0.6 is 0 Å². The molecule has 1 aromatic rings. The largest absolute Gasteiger partial charge is 0.484 e. The van der Waals surface area contributed by atoms with Gasteiger partial charge in [-0.15, -0.1) is 0 Å². The first-order valence-electron chi connectivity index (χ1n) is 6.81. The first kappa shape index (κ1) is 15.6. The number of para-hydroxylation sites is 2. The SMILES string of the molecule is N=C(N)COc1ccccc1NS(=O)(=O)N1CCCCC1. The highest BCUT2D eigenvalue weighted by Gasteiger charge is 2.24. The minimum atomic E-state index is -3.58. The Hall–Kier alpha value is -1.80. The fraction of sp³-hybridized carbons (Fsp3) is 0.462. The van der Waals surface area contributed by atoms with Gasteiger partial charge < -0.3 is 10.5 Å². The van der Waals surface area contributed by atoms with E-state index < -0.39 is 10.2 Å². The predicted molar refractivity (Wildman–Crippen MR) is 81.8 cm³/mol. The Bertz CT molecular complexity index is 597. The van der Waals surface area contributed by atoms with Crippen LogP contribution in [0.2, 0.25) is 0 Å². The molecule has 21 heavy (non-hydrogen) atoms. The number of ether oxygens (including phenoxy) is 1. The molecule has 0 bridgehead atoms.